The van der Waals surface area contributed by atoms with Gasteiger partial charge < -0.3 is 15.1 Å². The van der Waals surface area contributed by atoms with E-state index in [0.717, 1.165) is 57.9 Å². The Hall–Kier alpha value is -1.98. The summed E-state index contributed by atoms with van der Waals surface area (Å²) in [6.07, 6.45) is 44.1. The molecule has 0 aromatic carbocycles. The molecule has 0 bridgehead atoms. The number of hydrogen-bond donors (Lipinski definition) is 1. The summed E-state index contributed by atoms with van der Waals surface area (Å²) in [6, 6.07) is -0.413. The van der Waals surface area contributed by atoms with E-state index in [-0.39, 0.29) is 17.7 Å². The van der Waals surface area contributed by atoms with Crippen molar-refractivity contribution in [2.75, 3.05) is 33.7 Å². The molecule has 0 saturated carbocycles. The highest BCUT2D eigenvalue weighted by Gasteiger charge is 2.31. The van der Waals surface area contributed by atoms with Crippen LogP contribution in [0.1, 0.15) is 252 Å². The van der Waals surface area contributed by atoms with Crippen LogP contribution in [0.5, 0.6) is 0 Å². The maximum Gasteiger partial charge on any atom is 0.243 e. The predicted octanol–water partition coefficient (Wildman–Crippen LogP) is 14.2. The number of carbonyl (C=O) groups is 2. The number of amides is 2. The van der Waals surface area contributed by atoms with Crippen molar-refractivity contribution in [2.45, 2.75) is 258 Å². The van der Waals surface area contributed by atoms with Gasteiger partial charge in [-0.25, -0.2) is 0 Å². The standard InChI is InChI=1S/C52H97N3O2/c1-7-9-11-13-15-17-19-21-23-25-26-27-28-29-30-31-33-35-37-39-41-43-45-50(56)55(48-47-54(5)6)51(49(3)4)52(57)53-46-44-42-40-38-36-34-32-24-22-20-18-16-14-12-10-8-2/h49,51H,7-26,31-48H2,1-6H3,(H,53,57). The Morgan fingerprint density at radius 1 is 0.474 bits per heavy atom. The smallest absolute Gasteiger partial charge is 0.243 e. The molecule has 2 amide bonds. The molecule has 5 nitrogen and oxygen atoms in total. The van der Waals surface area contributed by atoms with Crippen molar-refractivity contribution >= 4 is 11.8 Å². The number of nitrogens with one attached hydrogen (secondary N) is 1. The third-order valence-electron chi connectivity index (χ3n) is 11.5. The van der Waals surface area contributed by atoms with Gasteiger partial charge in [-0.2, -0.15) is 0 Å². The summed E-state index contributed by atoms with van der Waals surface area (Å²) < 4.78 is 0. The molecule has 0 aromatic rings. The predicted molar refractivity (Wildman–Crippen MR) is 250 cm³/mol. The number of unbranched alkanes of at least 4 members (excludes halogenated alkanes) is 31. The first-order valence-corrected chi connectivity index (χ1v) is 25.0. The molecule has 1 unspecified atom stereocenters. The Kier molecular flexibility index (Phi) is 42.1. The van der Waals surface area contributed by atoms with Crippen LogP contribution in [-0.2, 0) is 9.59 Å². The number of carbonyl (C=O) groups excluding carboxylic acids is 2. The molecule has 0 heterocycles. The summed E-state index contributed by atoms with van der Waals surface area (Å²) in [4.78, 5) is 31.0. The quantitative estimate of drug-likeness (QED) is 0.0495. The molecule has 0 aliphatic heterocycles. The molecule has 0 rings (SSSR count). The largest absolute Gasteiger partial charge is 0.354 e. The molecule has 332 valence electrons. The molecule has 0 aromatic heterocycles. The lowest BCUT2D eigenvalue weighted by atomic mass is 10.00. The van der Waals surface area contributed by atoms with Crippen LogP contribution < -0.4 is 5.32 Å². The number of hydrogen-bond acceptors (Lipinski definition) is 3. The zero-order valence-corrected chi connectivity index (χ0v) is 39.2. The maximum absolute atomic E-state index is 13.5. The van der Waals surface area contributed by atoms with E-state index < -0.39 is 6.04 Å². The van der Waals surface area contributed by atoms with Crippen molar-refractivity contribution in [3.05, 3.63) is 0 Å². The lowest BCUT2D eigenvalue weighted by Gasteiger charge is -2.34. The summed E-state index contributed by atoms with van der Waals surface area (Å²) in [5, 5.41) is 3.21. The molecule has 5 heteroatoms. The lowest BCUT2D eigenvalue weighted by molar-refractivity contribution is -0.142. The fourth-order valence-electron chi connectivity index (χ4n) is 7.77. The van der Waals surface area contributed by atoms with Crippen LogP contribution >= 0.6 is 0 Å². The van der Waals surface area contributed by atoms with Gasteiger partial charge in [-0.15, -0.1) is 0 Å². The number of likely N-dealkylation sites (N-methyl/N-ethyl adjacent to an activating group) is 1. The van der Waals surface area contributed by atoms with E-state index in [1.165, 1.54) is 167 Å². The third kappa shape index (κ3) is 38.0. The minimum absolute atomic E-state index is 0.0150. The summed E-state index contributed by atoms with van der Waals surface area (Å²) in [6.45, 7) is 10.8. The normalized spacial score (nSPS) is 11.6. The van der Waals surface area contributed by atoms with Gasteiger partial charge in [-0.05, 0) is 57.5 Å². The number of nitrogens with zero attached hydrogens (tertiary/aromatic N) is 2. The van der Waals surface area contributed by atoms with Crippen molar-refractivity contribution in [1.29, 1.82) is 0 Å². The van der Waals surface area contributed by atoms with Crippen LogP contribution in [-0.4, -0.2) is 61.4 Å². The first-order valence-electron chi connectivity index (χ1n) is 25.0. The van der Waals surface area contributed by atoms with Gasteiger partial charge in [0.15, 0.2) is 0 Å². The second kappa shape index (κ2) is 43.6. The number of rotatable bonds is 41. The van der Waals surface area contributed by atoms with Gasteiger partial charge >= 0.3 is 0 Å². The highest BCUT2D eigenvalue weighted by molar-refractivity contribution is 5.88. The fourth-order valence-corrected chi connectivity index (χ4v) is 7.77. The van der Waals surface area contributed by atoms with Crippen LogP contribution in [0.25, 0.3) is 0 Å². The van der Waals surface area contributed by atoms with Crippen molar-refractivity contribution in [3.63, 3.8) is 0 Å². The topological polar surface area (TPSA) is 52.7 Å². The van der Waals surface area contributed by atoms with E-state index in [2.05, 4.69) is 61.6 Å². The van der Waals surface area contributed by atoms with Crippen LogP contribution in [0.3, 0.4) is 0 Å². The highest BCUT2D eigenvalue weighted by Crippen LogP contribution is 2.17. The van der Waals surface area contributed by atoms with E-state index in [0.29, 0.717) is 19.5 Å². The Bertz CT molecular complexity index is 1020. The Balaban J connectivity index is 4.16. The van der Waals surface area contributed by atoms with Crippen LogP contribution in [0.15, 0.2) is 0 Å². The molecule has 0 aliphatic carbocycles. The van der Waals surface area contributed by atoms with E-state index in [1.807, 2.05) is 19.0 Å². The molecule has 0 spiro atoms. The molecular weight excluding hydrogens is 699 g/mol. The van der Waals surface area contributed by atoms with Gasteiger partial charge in [-0.1, -0.05) is 219 Å². The average Bonchev–Trinajstić information content (AvgIpc) is 3.19. The zero-order chi connectivity index (χ0) is 41.9. The van der Waals surface area contributed by atoms with Crippen molar-refractivity contribution in [2.24, 2.45) is 5.92 Å². The minimum Gasteiger partial charge on any atom is -0.354 e. The van der Waals surface area contributed by atoms with Gasteiger partial charge in [0.25, 0.3) is 0 Å². The third-order valence-corrected chi connectivity index (χ3v) is 11.5. The summed E-state index contributed by atoms with van der Waals surface area (Å²) in [5.41, 5.74) is 0. The van der Waals surface area contributed by atoms with Crippen molar-refractivity contribution in [3.8, 4) is 23.7 Å². The van der Waals surface area contributed by atoms with Crippen LogP contribution in [0.4, 0.5) is 0 Å². The van der Waals surface area contributed by atoms with E-state index in [9.17, 15) is 9.59 Å². The zero-order valence-electron chi connectivity index (χ0n) is 39.2. The molecule has 57 heavy (non-hydrogen) atoms. The first-order chi connectivity index (χ1) is 27.8. The summed E-state index contributed by atoms with van der Waals surface area (Å²) >= 11 is 0. The van der Waals surface area contributed by atoms with Gasteiger partial charge in [0.2, 0.25) is 11.8 Å². The van der Waals surface area contributed by atoms with Crippen LogP contribution in [0, 0.1) is 29.6 Å². The second-order valence-corrected chi connectivity index (χ2v) is 17.8. The van der Waals surface area contributed by atoms with E-state index in [4.69, 9.17) is 0 Å². The Labute approximate surface area is 357 Å². The Morgan fingerprint density at radius 3 is 1.19 bits per heavy atom. The first kappa shape index (κ1) is 55.0. The van der Waals surface area contributed by atoms with Gasteiger partial charge in [0.05, 0.1) is 0 Å². The molecule has 0 fully saturated rings. The van der Waals surface area contributed by atoms with Crippen molar-refractivity contribution < 1.29 is 9.59 Å². The second-order valence-electron chi connectivity index (χ2n) is 17.8. The van der Waals surface area contributed by atoms with Gasteiger partial charge in [0, 0.05) is 38.9 Å². The average molecular weight is 796 g/mol. The van der Waals surface area contributed by atoms with Gasteiger partial charge in [-0.3, -0.25) is 9.59 Å². The molecular formula is C52H97N3O2. The van der Waals surface area contributed by atoms with Crippen LogP contribution in [0.2, 0.25) is 0 Å². The highest BCUT2D eigenvalue weighted by atomic mass is 16.2. The molecule has 1 N–H and O–H groups in total. The van der Waals surface area contributed by atoms with E-state index in [1.54, 1.807) is 0 Å². The summed E-state index contributed by atoms with van der Waals surface area (Å²) in [7, 11) is 4.06. The fraction of sp³-hybridized carbons (Fsp3) is 0.885. The molecule has 0 saturated heterocycles. The molecule has 1 atom stereocenters. The maximum atomic E-state index is 13.5. The monoisotopic (exact) mass is 796 g/mol. The minimum atomic E-state index is -0.413. The lowest BCUT2D eigenvalue weighted by Crippen LogP contribution is -2.54. The molecule has 0 radical (unpaired) electrons. The summed E-state index contributed by atoms with van der Waals surface area (Å²) in [5.74, 6) is 12.8. The van der Waals surface area contributed by atoms with Gasteiger partial charge in [0.1, 0.15) is 6.04 Å². The Morgan fingerprint density at radius 2 is 0.825 bits per heavy atom. The van der Waals surface area contributed by atoms with Crippen molar-refractivity contribution in [1.82, 2.24) is 15.1 Å². The van der Waals surface area contributed by atoms with E-state index >= 15 is 0 Å². The molecule has 0 aliphatic rings. The SMILES string of the molecule is CCCCCCCCCCCCC#CC#CCCCCCCCCC(=O)N(CCN(C)C)C(C(=O)NCCCCCCCCCCCCCCCCCC)C(C)C.